The number of Topliss-reactive ketones (excluding diaryl/α,β-unsaturated/α-hetero) is 1. The van der Waals surface area contributed by atoms with Crippen LogP contribution < -0.4 is 0 Å². The lowest BCUT2D eigenvalue weighted by Crippen LogP contribution is -2.16. The van der Waals surface area contributed by atoms with Gasteiger partial charge in [0.25, 0.3) is 0 Å². The Labute approximate surface area is 132 Å². The highest BCUT2D eigenvalue weighted by Crippen LogP contribution is 2.35. The molecule has 0 saturated heterocycles. The minimum absolute atomic E-state index is 0.107. The Hall–Kier alpha value is -1.52. The number of benzene rings is 1. The second-order valence-electron chi connectivity index (χ2n) is 4.48. The third-order valence-corrected chi connectivity index (χ3v) is 3.58. The van der Waals surface area contributed by atoms with E-state index in [2.05, 4.69) is 0 Å². The Balaban J connectivity index is 2.43. The highest BCUT2D eigenvalue weighted by Gasteiger charge is 2.26. The topological polar surface area (TPSA) is 52.6 Å². The lowest BCUT2D eigenvalue weighted by atomic mass is 9.91. The predicted molar refractivity (Wildman–Crippen MR) is 80.3 cm³/mol. The van der Waals surface area contributed by atoms with Crippen molar-refractivity contribution in [3.8, 4) is 0 Å². The summed E-state index contributed by atoms with van der Waals surface area (Å²) in [4.78, 5) is 23.7. The van der Waals surface area contributed by atoms with E-state index in [1.54, 1.807) is 25.1 Å². The molecule has 0 atom stereocenters. The molecule has 0 amide bonds. The van der Waals surface area contributed by atoms with Gasteiger partial charge in [0.15, 0.2) is 5.78 Å². The molecule has 0 N–H and O–H groups in total. The number of allylic oxidation sites excluding steroid dienone is 2. The van der Waals surface area contributed by atoms with E-state index in [0.29, 0.717) is 46.2 Å². The summed E-state index contributed by atoms with van der Waals surface area (Å²) >= 11 is 12.0. The number of carbonyl (C=O) groups is 2. The average molecular weight is 329 g/mol. The zero-order chi connectivity index (χ0) is 15.4. The SMILES string of the molecule is CCOC(=O)OC1=C(c2ccc(Cl)cc2Cl)C(=O)CCC1. The van der Waals surface area contributed by atoms with Crippen LogP contribution in [0.3, 0.4) is 0 Å². The molecule has 1 aliphatic rings. The van der Waals surface area contributed by atoms with Crippen LogP contribution in [0.2, 0.25) is 10.0 Å². The van der Waals surface area contributed by atoms with Gasteiger partial charge in [-0.3, -0.25) is 4.79 Å². The Morgan fingerprint density at radius 3 is 2.71 bits per heavy atom. The summed E-state index contributed by atoms with van der Waals surface area (Å²) in [6.45, 7) is 1.88. The molecule has 1 aromatic carbocycles. The van der Waals surface area contributed by atoms with Crippen molar-refractivity contribution in [2.24, 2.45) is 0 Å². The van der Waals surface area contributed by atoms with Crippen molar-refractivity contribution in [1.82, 2.24) is 0 Å². The van der Waals surface area contributed by atoms with Gasteiger partial charge in [0.1, 0.15) is 5.76 Å². The van der Waals surface area contributed by atoms with Gasteiger partial charge in [0, 0.05) is 23.4 Å². The summed E-state index contributed by atoms with van der Waals surface area (Å²) in [6, 6.07) is 4.84. The maximum absolute atomic E-state index is 12.2. The summed E-state index contributed by atoms with van der Waals surface area (Å²) in [6.07, 6.45) is 0.690. The molecule has 0 saturated carbocycles. The van der Waals surface area contributed by atoms with Gasteiger partial charge in [-0.25, -0.2) is 4.79 Å². The van der Waals surface area contributed by atoms with Crippen LogP contribution in [0.25, 0.3) is 5.57 Å². The molecule has 1 aromatic rings. The second-order valence-corrected chi connectivity index (χ2v) is 5.33. The van der Waals surface area contributed by atoms with Gasteiger partial charge in [0.2, 0.25) is 0 Å². The first kappa shape index (κ1) is 15.9. The second kappa shape index (κ2) is 6.96. The van der Waals surface area contributed by atoms with Gasteiger partial charge in [0.05, 0.1) is 17.2 Å². The van der Waals surface area contributed by atoms with Crippen LogP contribution in [-0.4, -0.2) is 18.5 Å². The van der Waals surface area contributed by atoms with Crippen molar-refractivity contribution < 1.29 is 19.1 Å². The van der Waals surface area contributed by atoms with Crippen LogP contribution >= 0.6 is 23.2 Å². The number of halogens is 2. The van der Waals surface area contributed by atoms with Crippen LogP contribution in [0, 0.1) is 0 Å². The maximum atomic E-state index is 12.2. The van der Waals surface area contributed by atoms with Gasteiger partial charge in [-0.05, 0) is 25.5 Å². The molecule has 21 heavy (non-hydrogen) atoms. The fourth-order valence-electron chi connectivity index (χ4n) is 2.16. The van der Waals surface area contributed by atoms with Gasteiger partial charge in [-0.15, -0.1) is 0 Å². The number of hydrogen-bond donors (Lipinski definition) is 0. The van der Waals surface area contributed by atoms with Crippen molar-refractivity contribution in [2.75, 3.05) is 6.61 Å². The number of rotatable bonds is 3. The lowest BCUT2D eigenvalue weighted by molar-refractivity contribution is -0.114. The molecule has 0 spiro atoms. The molecular formula is C15H14Cl2O4. The zero-order valence-corrected chi connectivity index (χ0v) is 13.0. The van der Waals surface area contributed by atoms with Crippen molar-refractivity contribution >= 4 is 40.7 Å². The third kappa shape index (κ3) is 3.77. The molecule has 0 aromatic heterocycles. The molecule has 0 radical (unpaired) electrons. The molecule has 112 valence electrons. The largest absolute Gasteiger partial charge is 0.513 e. The van der Waals surface area contributed by atoms with Crippen LogP contribution in [0.15, 0.2) is 24.0 Å². The van der Waals surface area contributed by atoms with Crippen molar-refractivity contribution in [3.63, 3.8) is 0 Å². The number of hydrogen-bond acceptors (Lipinski definition) is 4. The zero-order valence-electron chi connectivity index (χ0n) is 11.4. The van der Waals surface area contributed by atoms with E-state index in [0.717, 1.165) is 0 Å². The fraction of sp³-hybridized carbons (Fsp3) is 0.333. The average Bonchev–Trinajstić information content (AvgIpc) is 2.41. The van der Waals surface area contributed by atoms with Crippen molar-refractivity contribution in [1.29, 1.82) is 0 Å². The smallest absolute Gasteiger partial charge is 0.434 e. The summed E-state index contributed by atoms with van der Waals surface area (Å²) < 4.78 is 9.91. The number of ether oxygens (including phenoxy) is 2. The van der Waals surface area contributed by atoms with E-state index in [-0.39, 0.29) is 12.4 Å². The van der Waals surface area contributed by atoms with E-state index >= 15 is 0 Å². The van der Waals surface area contributed by atoms with Crippen LogP contribution in [-0.2, 0) is 14.3 Å². The van der Waals surface area contributed by atoms with E-state index in [1.807, 2.05) is 0 Å². The van der Waals surface area contributed by atoms with Crippen LogP contribution in [0.4, 0.5) is 4.79 Å². The number of carbonyl (C=O) groups excluding carboxylic acids is 2. The Morgan fingerprint density at radius 2 is 2.05 bits per heavy atom. The Morgan fingerprint density at radius 1 is 1.29 bits per heavy atom. The standard InChI is InChI=1S/C15H14Cl2O4/c1-2-20-15(19)21-13-5-3-4-12(18)14(13)10-7-6-9(16)8-11(10)17/h6-8H,2-5H2,1H3. The number of ketones is 1. The monoisotopic (exact) mass is 328 g/mol. The molecule has 0 unspecified atom stereocenters. The normalized spacial score (nSPS) is 15.1. The first-order valence-corrected chi connectivity index (χ1v) is 7.35. The summed E-state index contributed by atoms with van der Waals surface area (Å²) in [5, 5.41) is 0.818. The van der Waals surface area contributed by atoms with Gasteiger partial charge < -0.3 is 9.47 Å². The van der Waals surface area contributed by atoms with E-state index < -0.39 is 6.16 Å². The van der Waals surface area contributed by atoms with Crippen LogP contribution in [0.5, 0.6) is 0 Å². The Kier molecular flexibility index (Phi) is 5.26. The summed E-state index contributed by atoms with van der Waals surface area (Å²) in [7, 11) is 0. The summed E-state index contributed by atoms with van der Waals surface area (Å²) in [5.74, 6) is 0.193. The van der Waals surface area contributed by atoms with E-state index in [9.17, 15) is 9.59 Å². The van der Waals surface area contributed by atoms with Crippen molar-refractivity contribution in [2.45, 2.75) is 26.2 Å². The van der Waals surface area contributed by atoms with Gasteiger partial charge in [-0.2, -0.15) is 0 Å². The summed E-state index contributed by atoms with van der Waals surface area (Å²) in [5.41, 5.74) is 0.848. The molecule has 0 aliphatic heterocycles. The first-order chi connectivity index (χ1) is 10.0. The first-order valence-electron chi connectivity index (χ1n) is 6.59. The highest BCUT2D eigenvalue weighted by atomic mass is 35.5. The third-order valence-electron chi connectivity index (χ3n) is 3.03. The Bertz CT molecular complexity index is 608. The minimum Gasteiger partial charge on any atom is -0.434 e. The van der Waals surface area contributed by atoms with Crippen LogP contribution in [0.1, 0.15) is 31.7 Å². The maximum Gasteiger partial charge on any atom is 0.513 e. The lowest BCUT2D eigenvalue weighted by Gasteiger charge is -2.19. The molecule has 0 fully saturated rings. The quantitative estimate of drug-likeness (QED) is 0.759. The van der Waals surface area contributed by atoms with E-state index in [4.69, 9.17) is 32.7 Å². The minimum atomic E-state index is -0.815. The van der Waals surface area contributed by atoms with Crippen molar-refractivity contribution in [3.05, 3.63) is 39.6 Å². The molecule has 1 aliphatic carbocycles. The molecular weight excluding hydrogens is 315 g/mol. The highest BCUT2D eigenvalue weighted by molar-refractivity contribution is 6.37. The van der Waals surface area contributed by atoms with E-state index in [1.165, 1.54) is 0 Å². The van der Waals surface area contributed by atoms with Gasteiger partial charge in [-0.1, -0.05) is 29.3 Å². The fourth-order valence-corrected chi connectivity index (χ4v) is 2.66. The predicted octanol–water partition coefficient (Wildman–Crippen LogP) is 4.63. The van der Waals surface area contributed by atoms with Gasteiger partial charge >= 0.3 is 6.16 Å². The molecule has 4 nitrogen and oxygen atoms in total. The molecule has 0 bridgehead atoms. The molecule has 2 rings (SSSR count). The molecule has 0 heterocycles. The molecule has 6 heteroatoms.